The van der Waals surface area contributed by atoms with E-state index in [4.69, 9.17) is 11.6 Å². The summed E-state index contributed by atoms with van der Waals surface area (Å²) in [6, 6.07) is 19.8. The predicted molar refractivity (Wildman–Crippen MR) is 111 cm³/mol. The Bertz CT molecular complexity index is 848. The van der Waals surface area contributed by atoms with Crippen molar-refractivity contribution in [3.05, 3.63) is 82.5 Å². The largest absolute Gasteiger partial charge is 0.376 e. The van der Waals surface area contributed by atoms with Crippen molar-refractivity contribution < 1.29 is 4.79 Å². The van der Waals surface area contributed by atoms with Gasteiger partial charge in [0.1, 0.15) is 11.6 Å². The van der Waals surface area contributed by atoms with E-state index < -0.39 is 0 Å². The fraction of sp³-hybridized carbons (Fsp3) is 0.304. The van der Waals surface area contributed by atoms with Crippen molar-refractivity contribution in [3.63, 3.8) is 0 Å². The summed E-state index contributed by atoms with van der Waals surface area (Å²) in [4.78, 5) is 14.4. The van der Waals surface area contributed by atoms with Crippen molar-refractivity contribution in [2.24, 2.45) is 5.92 Å². The number of hydrogen-bond acceptors (Lipinski definition) is 3. The summed E-state index contributed by atoms with van der Waals surface area (Å²) in [6.45, 7) is 2.11. The molecule has 0 atom stereocenters. The van der Waals surface area contributed by atoms with Gasteiger partial charge in [0.25, 0.3) is 5.91 Å². The van der Waals surface area contributed by atoms with Gasteiger partial charge in [0.15, 0.2) is 0 Å². The van der Waals surface area contributed by atoms with Crippen molar-refractivity contribution in [1.82, 2.24) is 10.2 Å². The lowest BCUT2D eigenvalue weighted by atomic mass is 9.90. The van der Waals surface area contributed by atoms with Crippen LogP contribution in [-0.2, 0) is 17.8 Å². The van der Waals surface area contributed by atoms with Gasteiger partial charge in [-0.2, -0.15) is 5.26 Å². The van der Waals surface area contributed by atoms with Gasteiger partial charge in [-0.3, -0.25) is 4.79 Å². The Hall–Kier alpha value is -2.77. The zero-order valence-corrected chi connectivity index (χ0v) is 16.5. The van der Waals surface area contributed by atoms with Gasteiger partial charge in [0, 0.05) is 30.9 Å². The molecule has 2 aromatic rings. The van der Waals surface area contributed by atoms with Gasteiger partial charge in [-0.25, -0.2) is 0 Å². The van der Waals surface area contributed by atoms with Gasteiger partial charge in [-0.05, 0) is 48.4 Å². The molecule has 4 nitrogen and oxygen atoms in total. The number of nitriles is 1. The van der Waals surface area contributed by atoms with Crippen LogP contribution in [0, 0.1) is 17.2 Å². The van der Waals surface area contributed by atoms with Crippen LogP contribution in [0.2, 0.25) is 5.02 Å². The van der Waals surface area contributed by atoms with Crippen molar-refractivity contribution in [1.29, 1.82) is 5.26 Å². The number of nitrogens with zero attached hydrogens (tertiary/aromatic N) is 2. The van der Waals surface area contributed by atoms with E-state index in [0.717, 1.165) is 37.9 Å². The lowest BCUT2D eigenvalue weighted by Gasteiger charge is -2.31. The number of halogens is 1. The van der Waals surface area contributed by atoms with E-state index in [1.165, 1.54) is 5.56 Å². The van der Waals surface area contributed by atoms with Gasteiger partial charge < -0.3 is 10.2 Å². The maximum absolute atomic E-state index is 12.3. The quantitative estimate of drug-likeness (QED) is 0.587. The van der Waals surface area contributed by atoms with Gasteiger partial charge in [0.2, 0.25) is 0 Å². The van der Waals surface area contributed by atoms with Crippen LogP contribution < -0.4 is 5.32 Å². The zero-order valence-electron chi connectivity index (χ0n) is 15.8. The molecular weight excluding hydrogens is 370 g/mol. The van der Waals surface area contributed by atoms with Gasteiger partial charge >= 0.3 is 0 Å². The number of rotatable bonds is 6. The molecule has 1 amide bonds. The summed E-state index contributed by atoms with van der Waals surface area (Å²) in [7, 11) is 0. The Morgan fingerprint density at radius 1 is 1.11 bits per heavy atom. The fourth-order valence-electron chi connectivity index (χ4n) is 3.43. The number of piperidine rings is 1. The lowest BCUT2D eigenvalue weighted by Crippen LogP contribution is -2.32. The predicted octanol–water partition coefficient (Wildman–Crippen LogP) is 4.32. The summed E-state index contributed by atoms with van der Waals surface area (Å²) >= 11 is 5.87. The van der Waals surface area contributed by atoms with Crippen molar-refractivity contribution in [2.75, 3.05) is 13.1 Å². The number of carbonyl (C=O) groups excluding carboxylic acids is 1. The number of benzene rings is 2. The average Bonchev–Trinajstić information content (AvgIpc) is 2.73. The van der Waals surface area contributed by atoms with Crippen LogP contribution in [-0.4, -0.2) is 23.9 Å². The van der Waals surface area contributed by atoms with Crippen molar-refractivity contribution >= 4 is 17.5 Å². The average molecular weight is 394 g/mol. The first-order chi connectivity index (χ1) is 13.6. The van der Waals surface area contributed by atoms with Gasteiger partial charge in [0.05, 0.1) is 0 Å². The molecule has 3 rings (SSSR count). The van der Waals surface area contributed by atoms with Crippen LogP contribution in [0.1, 0.15) is 24.0 Å². The molecule has 5 heteroatoms. The second-order valence-electron chi connectivity index (χ2n) is 7.13. The van der Waals surface area contributed by atoms with Crippen molar-refractivity contribution in [3.8, 4) is 6.07 Å². The number of likely N-dealkylation sites (tertiary alicyclic amines) is 1. The first-order valence-corrected chi connectivity index (χ1v) is 9.94. The standard InChI is InChI=1S/C23H24ClN3O/c24-22-8-6-20(7-9-22)16-26-23(28)21(15-25)17-27-12-10-19(11-13-27)14-18-4-2-1-3-5-18/h1-9,17,19H,10-14,16H2,(H,26,28)/b21-17-. The molecule has 2 aromatic carbocycles. The van der Waals surface area contributed by atoms with Crippen LogP contribution in [0.5, 0.6) is 0 Å². The van der Waals surface area contributed by atoms with Crippen LogP contribution in [0.4, 0.5) is 0 Å². The fourth-order valence-corrected chi connectivity index (χ4v) is 3.56. The maximum Gasteiger partial charge on any atom is 0.263 e. The molecule has 0 aromatic heterocycles. The summed E-state index contributed by atoms with van der Waals surface area (Å²) in [5, 5.41) is 12.8. The van der Waals surface area contributed by atoms with E-state index in [2.05, 4.69) is 34.5 Å². The molecule has 144 valence electrons. The lowest BCUT2D eigenvalue weighted by molar-refractivity contribution is -0.117. The molecule has 28 heavy (non-hydrogen) atoms. The topological polar surface area (TPSA) is 56.1 Å². The van der Waals surface area contributed by atoms with E-state index in [0.29, 0.717) is 17.5 Å². The smallest absolute Gasteiger partial charge is 0.263 e. The third-order valence-corrected chi connectivity index (χ3v) is 5.31. The molecule has 1 heterocycles. The molecule has 0 aliphatic carbocycles. The highest BCUT2D eigenvalue weighted by molar-refractivity contribution is 6.30. The summed E-state index contributed by atoms with van der Waals surface area (Å²) in [5.74, 6) is 0.306. The van der Waals surface area contributed by atoms with E-state index in [1.54, 1.807) is 18.3 Å². The molecule has 1 aliphatic rings. The Morgan fingerprint density at radius 2 is 1.79 bits per heavy atom. The van der Waals surface area contributed by atoms with E-state index in [9.17, 15) is 10.1 Å². The van der Waals surface area contributed by atoms with Crippen LogP contribution in [0.15, 0.2) is 66.4 Å². The molecule has 1 aliphatic heterocycles. The number of carbonyl (C=O) groups is 1. The Kier molecular flexibility index (Phi) is 7.11. The van der Waals surface area contributed by atoms with Crippen molar-refractivity contribution in [2.45, 2.75) is 25.8 Å². The Morgan fingerprint density at radius 3 is 2.43 bits per heavy atom. The minimum atomic E-state index is -0.344. The Labute approximate surface area is 171 Å². The van der Waals surface area contributed by atoms with Gasteiger partial charge in [-0.1, -0.05) is 54.1 Å². The molecule has 1 saturated heterocycles. The molecule has 0 spiro atoms. The highest BCUT2D eigenvalue weighted by Crippen LogP contribution is 2.22. The molecule has 1 fully saturated rings. The van der Waals surface area contributed by atoms with Crippen LogP contribution in [0.3, 0.4) is 0 Å². The maximum atomic E-state index is 12.3. The molecular formula is C23H24ClN3O. The van der Waals surface area contributed by atoms with Crippen LogP contribution >= 0.6 is 11.6 Å². The summed E-state index contributed by atoms with van der Waals surface area (Å²) < 4.78 is 0. The minimum Gasteiger partial charge on any atom is -0.376 e. The highest BCUT2D eigenvalue weighted by atomic mass is 35.5. The number of nitrogens with one attached hydrogen (secondary N) is 1. The van der Waals surface area contributed by atoms with Gasteiger partial charge in [-0.15, -0.1) is 0 Å². The second-order valence-corrected chi connectivity index (χ2v) is 7.57. The number of amides is 1. The number of hydrogen-bond donors (Lipinski definition) is 1. The summed E-state index contributed by atoms with van der Waals surface area (Å²) in [6.07, 6.45) is 4.92. The molecule has 0 saturated carbocycles. The molecule has 0 radical (unpaired) electrons. The van der Waals surface area contributed by atoms with Crippen LogP contribution in [0.25, 0.3) is 0 Å². The first-order valence-electron chi connectivity index (χ1n) is 9.56. The van der Waals surface area contributed by atoms with E-state index >= 15 is 0 Å². The third-order valence-electron chi connectivity index (χ3n) is 5.06. The monoisotopic (exact) mass is 393 g/mol. The third kappa shape index (κ3) is 5.87. The zero-order chi connectivity index (χ0) is 19.8. The van der Waals surface area contributed by atoms with E-state index in [1.807, 2.05) is 24.3 Å². The first kappa shape index (κ1) is 20.0. The Balaban J connectivity index is 1.49. The summed E-state index contributed by atoms with van der Waals surface area (Å²) in [5.41, 5.74) is 2.46. The molecule has 0 bridgehead atoms. The second kappa shape index (κ2) is 9.96. The van der Waals surface area contributed by atoms with E-state index in [-0.39, 0.29) is 11.5 Å². The minimum absolute atomic E-state index is 0.149. The normalized spacial score (nSPS) is 15.1. The molecule has 0 unspecified atom stereocenters. The molecule has 1 N–H and O–H groups in total. The highest BCUT2D eigenvalue weighted by Gasteiger charge is 2.19. The SMILES string of the molecule is N#C/C(=C/N1CCC(Cc2ccccc2)CC1)C(=O)NCc1ccc(Cl)cc1.